The lowest BCUT2D eigenvalue weighted by Gasteiger charge is -2.01. The summed E-state index contributed by atoms with van der Waals surface area (Å²) < 4.78 is 0. The minimum Gasteiger partial charge on any atom is -0.326 e. The van der Waals surface area contributed by atoms with Crippen molar-refractivity contribution in [1.29, 1.82) is 0 Å². The zero-order chi connectivity index (χ0) is 12.8. The molecule has 5 nitrogen and oxygen atoms in total. The highest BCUT2D eigenvalue weighted by Gasteiger charge is 2.06. The number of nitrogens with zero attached hydrogens (tertiary/aromatic N) is 1. The van der Waals surface area contributed by atoms with Crippen LogP contribution >= 0.6 is 0 Å². The predicted octanol–water partition coefficient (Wildman–Crippen LogP) is 2.67. The summed E-state index contributed by atoms with van der Waals surface area (Å²) in [5, 5.41) is 13.3. The summed E-state index contributed by atoms with van der Waals surface area (Å²) >= 11 is 0. The molecule has 0 bridgehead atoms. The Hall–Kier alpha value is -2.17. The average molecular weight is 234 g/mol. The van der Waals surface area contributed by atoms with E-state index in [1.165, 1.54) is 13.0 Å². The van der Waals surface area contributed by atoms with Crippen LogP contribution in [0.5, 0.6) is 0 Å². The minimum atomic E-state index is -0.387. The number of anilines is 1. The molecule has 1 N–H and O–H groups in total. The first-order valence-corrected chi connectivity index (χ1v) is 5.25. The Bertz CT molecular complexity index is 449. The number of hydrogen-bond donors (Lipinski definition) is 1. The van der Waals surface area contributed by atoms with E-state index >= 15 is 0 Å². The third kappa shape index (κ3) is 4.06. The molecule has 0 atom stereocenters. The maximum atomic E-state index is 10.8. The predicted molar refractivity (Wildman–Crippen MR) is 66.0 cm³/mol. The topological polar surface area (TPSA) is 72.2 Å². The van der Waals surface area contributed by atoms with Crippen molar-refractivity contribution in [2.24, 2.45) is 0 Å². The van der Waals surface area contributed by atoms with E-state index in [1.54, 1.807) is 31.2 Å². The van der Waals surface area contributed by atoms with E-state index < -0.39 is 0 Å². The molecule has 1 amide bonds. The summed E-state index contributed by atoms with van der Waals surface area (Å²) in [6.07, 6.45) is 1.90. The van der Waals surface area contributed by atoms with Gasteiger partial charge >= 0.3 is 0 Å². The van der Waals surface area contributed by atoms with Crippen LogP contribution in [0.4, 0.5) is 5.69 Å². The molecule has 0 radical (unpaired) electrons. The fraction of sp³-hybridized carbons (Fsp3) is 0.250. The van der Waals surface area contributed by atoms with Gasteiger partial charge in [0.1, 0.15) is 0 Å². The third-order valence-corrected chi connectivity index (χ3v) is 2.16. The third-order valence-electron chi connectivity index (χ3n) is 2.16. The van der Waals surface area contributed by atoms with Crippen LogP contribution in [0.25, 0.3) is 6.08 Å². The number of carbonyl (C=O) groups is 1. The molecule has 0 unspecified atom stereocenters. The monoisotopic (exact) mass is 234 g/mol. The fourth-order valence-electron chi connectivity index (χ4n) is 1.34. The zero-order valence-corrected chi connectivity index (χ0v) is 9.77. The van der Waals surface area contributed by atoms with Crippen LogP contribution < -0.4 is 5.32 Å². The van der Waals surface area contributed by atoms with E-state index in [0.717, 1.165) is 5.56 Å². The molecule has 0 saturated carbocycles. The molecule has 0 spiro atoms. The Kier molecular flexibility index (Phi) is 4.39. The Labute approximate surface area is 99.3 Å². The van der Waals surface area contributed by atoms with Gasteiger partial charge in [-0.25, -0.2) is 0 Å². The van der Waals surface area contributed by atoms with Gasteiger partial charge in [-0.05, 0) is 17.7 Å². The molecule has 0 aliphatic heterocycles. The molecule has 1 aromatic rings. The maximum absolute atomic E-state index is 10.8. The normalized spacial score (nSPS) is 11.1. The molecule has 5 heteroatoms. The molecule has 0 fully saturated rings. The lowest BCUT2D eigenvalue weighted by atomic mass is 10.1. The van der Waals surface area contributed by atoms with Gasteiger partial charge in [0.05, 0.1) is 4.92 Å². The number of carbonyl (C=O) groups excluding carboxylic acids is 1. The largest absolute Gasteiger partial charge is 0.326 e. The van der Waals surface area contributed by atoms with E-state index in [-0.39, 0.29) is 16.5 Å². The highest BCUT2D eigenvalue weighted by Crippen LogP contribution is 2.14. The summed E-state index contributed by atoms with van der Waals surface area (Å²) in [5.41, 5.74) is 1.58. The van der Waals surface area contributed by atoms with Gasteiger partial charge < -0.3 is 5.32 Å². The van der Waals surface area contributed by atoms with E-state index in [1.807, 2.05) is 0 Å². The molecular weight excluding hydrogens is 220 g/mol. The van der Waals surface area contributed by atoms with Crippen LogP contribution in [0.2, 0.25) is 0 Å². The van der Waals surface area contributed by atoms with Crippen LogP contribution in [-0.2, 0) is 4.79 Å². The van der Waals surface area contributed by atoms with Gasteiger partial charge in [-0.2, -0.15) is 0 Å². The van der Waals surface area contributed by atoms with Crippen LogP contribution in [0.15, 0.2) is 30.0 Å². The number of amides is 1. The molecule has 0 saturated heterocycles. The molecule has 90 valence electrons. The standard InChI is InChI=1S/C12H14N2O3/c1-3-12(14(16)17)8-10-4-6-11(7-5-10)13-9(2)15/h4-8H,3H2,1-2H3,(H,13,15)/b12-8+. The van der Waals surface area contributed by atoms with E-state index in [0.29, 0.717) is 12.1 Å². The first kappa shape index (κ1) is 12.9. The quantitative estimate of drug-likeness (QED) is 0.643. The highest BCUT2D eigenvalue weighted by atomic mass is 16.6. The number of nitro groups is 1. The average Bonchev–Trinajstić information content (AvgIpc) is 2.26. The maximum Gasteiger partial charge on any atom is 0.246 e. The van der Waals surface area contributed by atoms with E-state index in [4.69, 9.17) is 0 Å². The summed E-state index contributed by atoms with van der Waals surface area (Å²) in [6, 6.07) is 6.87. The van der Waals surface area contributed by atoms with Crippen molar-refractivity contribution < 1.29 is 9.72 Å². The van der Waals surface area contributed by atoms with Gasteiger partial charge in [0.15, 0.2) is 0 Å². The lowest BCUT2D eigenvalue weighted by Crippen LogP contribution is -2.05. The van der Waals surface area contributed by atoms with Crippen molar-refractivity contribution in [1.82, 2.24) is 0 Å². The summed E-state index contributed by atoms with van der Waals surface area (Å²) in [4.78, 5) is 21.0. The molecule has 1 aromatic carbocycles. The second-order valence-electron chi connectivity index (χ2n) is 3.55. The number of hydrogen-bond acceptors (Lipinski definition) is 3. The summed E-state index contributed by atoms with van der Waals surface area (Å²) in [5.74, 6) is -0.146. The van der Waals surface area contributed by atoms with Gasteiger partial charge in [0, 0.05) is 25.1 Å². The van der Waals surface area contributed by atoms with Crippen molar-refractivity contribution in [3.05, 3.63) is 45.6 Å². The van der Waals surface area contributed by atoms with Crippen LogP contribution in [-0.4, -0.2) is 10.8 Å². The van der Waals surface area contributed by atoms with Gasteiger partial charge in [0.25, 0.3) is 0 Å². The minimum absolute atomic E-state index is 0.146. The zero-order valence-electron chi connectivity index (χ0n) is 9.77. The first-order chi connectivity index (χ1) is 8.02. The van der Waals surface area contributed by atoms with Gasteiger partial charge in [0.2, 0.25) is 11.6 Å². The molecular formula is C12H14N2O3. The van der Waals surface area contributed by atoms with Crippen molar-refractivity contribution >= 4 is 17.7 Å². The van der Waals surface area contributed by atoms with Crippen molar-refractivity contribution in [2.75, 3.05) is 5.32 Å². The van der Waals surface area contributed by atoms with Crippen LogP contribution in [0, 0.1) is 10.1 Å². The Morgan fingerprint density at radius 1 is 1.41 bits per heavy atom. The van der Waals surface area contributed by atoms with Gasteiger partial charge in [-0.1, -0.05) is 19.1 Å². The van der Waals surface area contributed by atoms with Crippen LogP contribution in [0.3, 0.4) is 0 Å². The Balaban J connectivity index is 2.87. The summed E-state index contributed by atoms with van der Waals surface area (Å²) in [6.45, 7) is 3.16. The Morgan fingerprint density at radius 2 is 2.00 bits per heavy atom. The molecule has 0 aliphatic carbocycles. The number of benzene rings is 1. The van der Waals surface area contributed by atoms with E-state index in [9.17, 15) is 14.9 Å². The Morgan fingerprint density at radius 3 is 2.41 bits per heavy atom. The van der Waals surface area contributed by atoms with Crippen LogP contribution in [0.1, 0.15) is 25.8 Å². The SMILES string of the molecule is CC/C(=C\c1ccc(NC(C)=O)cc1)[N+](=O)[O-]. The fourth-order valence-corrected chi connectivity index (χ4v) is 1.34. The number of rotatable bonds is 4. The lowest BCUT2D eigenvalue weighted by molar-refractivity contribution is -0.425. The molecule has 1 rings (SSSR count). The van der Waals surface area contributed by atoms with Crippen molar-refractivity contribution in [3.8, 4) is 0 Å². The molecule has 0 aliphatic rings. The molecule has 0 heterocycles. The first-order valence-electron chi connectivity index (χ1n) is 5.25. The smallest absolute Gasteiger partial charge is 0.246 e. The number of nitrogens with one attached hydrogen (secondary N) is 1. The highest BCUT2D eigenvalue weighted by molar-refractivity contribution is 5.88. The van der Waals surface area contributed by atoms with E-state index in [2.05, 4.69) is 5.32 Å². The van der Waals surface area contributed by atoms with Gasteiger partial charge in [-0.3, -0.25) is 14.9 Å². The van der Waals surface area contributed by atoms with Crippen molar-refractivity contribution in [3.63, 3.8) is 0 Å². The number of allylic oxidation sites excluding steroid dienone is 1. The molecule has 17 heavy (non-hydrogen) atoms. The molecule has 0 aromatic heterocycles. The second kappa shape index (κ2) is 5.79. The van der Waals surface area contributed by atoms with Gasteiger partial charge in [-0.15, -0.1) is 0 Å². The summed E-state index contributed by atoms with van der Waals surface area (Å²) in [7, 11) is 0. The van der Waals surface area contributed by atoms with Crippen molar-refractivity contribution in [2.45, 2.75) is 20.3 Å². The second-order valence-corrected chi connectivity index (χ2v) is 3.55.